The summed E-state index contributed by atoms with van der Waals surface area (Å²) in [4.78, 5) is 85.1. The number of rotatable bonds is 43. The Bertz CT molecular complexity index is 3130. The predicted octanol–water partition coefficient (Wildman–Crippen LogP) is 3.07. The number of carbonyl (C=O) groups excluding carboxylic acids is 5. The molecule has 0 saturated carbocycles. The molecule has 0 spiro atoms. The minimum absolute atomic E-state index is 0.0447. The molecular formula is C60H77F3N12O16. The SMILES string of the molecule is COc1cnc(N=CN=C(N)C(=O)N[C@H](CO)CCCNC(=O)CCOCCOCCOCCOCC(C=NCCOCCOCCOCCOCCC(=O)Oc2c(F)cc(F)cc2F)=NN)c2[nH]cc(C(=O)C(=O)N3CCC(=C(C#N)c4ccccc4)CC3)c12. The number of ether oxygens (including phenoxy) is 10. The van der Waals surface area contributed by atoms with Gasteiger partial charge >= 0.3 is 5.97 Å². The number of carbonyl (C=O) groups is 5. The quantitative estimate of drug-likeness (QED) is 0.00354. The maximum absolute atomic E-state index is 13.7. The second kappa shape index (κ2) is 42.4. The number of H-pyrrole nitrogens is 1. The molecule has 1 saturated heterocycles. The highest BCUT2D eigenvalue weighted by Gasteiger charge is 2.30. The molecule has 0 aliphatic carbocycles. The fourth-order valence-electron chi connectivity index (χ4n) is 8.42. The molecule has 5 rings (SSSR count). The van der Waals surface area contributed by atoms with Gasteiger partial charge in [-0.05, 0) is 36.8 Å². The van der Waals surface area contributed by atoms with Crippen LogP contribution >= 0.6 is 0 Å². The molecule has 91 heavy (non-hydrogen) atoms. The van der Waals surface area contributed by atoms with Crippen molar-refractivity contribution in [3.8, 4) is 17.6 Å². The number of methoxy groups -OCH3 is 1. The van der Waals surface area contributed by atoms with E-state index in [4.69, 9.17) is 54.2 Å². The first-order valence-electron chi connectivity index (χ1n) is 29.1. The van der Waals surface area contributed by atoms with Gasteiger partial charge in [0.1, 0.15) is 23.6 Å². The maximum atomic E-state index is 13.7. The molecule has 2 aromatic heterocycles. The highest BCUT2D eigenvalue weighted by molar-refractivity contribution is 6.45. The highest BCUT2D eigenvalue weighted by Crippen LogP contribution is 2.34. The number of nitrogens with two attached hydrogens (primary N) is 2. The van der Waals surface area contributed by atoms with E-state index < -0.39 is 65.3 Å². The Hall–Kier alpha value is -8.58. The van der Waals surface area contributed by atoms with Crippen molar-refractivity contribution in [1.82, 2.24) is 25.5 Å². The molecule has 2 aromatic carbocycles. The number of aromatic amines is 1. The van der Waals surface area contributed by atoms with Crippen molar-refractivity contribution < 1.29 is 89.6 Å². The second-order valence-corrected chi connectivity index (χ2v) is 19.5. The largest absolute Gasteiger partial charge is 0.494 e. The third-order valence-electron chi connectivity index (χ3n) is 13.1. The van der Waals surface area contributed by atoms with E-state index in [0.29, 0.717) is 115 Å². The molecule has 1 fully saturated rings. The Balaban J connectivity index is 0.811. The number of hydrazone groups is 1. The number of nitrogens with zero attached hydrogens (tertiary/aromatic N) is 7. The number of fused-ring (bicyclic) bond motifs is 1. The number of piperidine rings is 1. The fraction of sp³-hybridized carbons (Fsp3) is 0.483. The smallest absolute Gasteiger partial charge is 0.313 e. The number of hydrogen-bond acceptors (Lipinski definition) is 22. The first-order valence-corrected chi connectivity index (χ1v) is 29.1. The zero-order valence-corrected chi connectivity index (χ0v) is 50.5. The van der Waals surface area contributed by atoms with Crippen LogP contribution in [0.5, 0.6) is 11.5 Å². The molecule has 4 aromatic rings. The van der Waals surface area contributed by atoms with Crippen molar-refractivity contribution in [2.45, 2.75) is 44.6 Å². The lowest BCUT2D eigenvalue weighted by Gasteiger charge is -2.28. The summed E-state index contributed by atoms with van der Waals surface area (Å²) in [5.74, 6) is -2.93. The van der Waals surface area contributed by atoms with Crippen LogP contribution in [0.1, 0.15) is 54.4 Å². The monoisotopic (exact) mass is 1280 g/mol. The number of pyridine rings is 1. The number of allylic oxidation sites excluding steroid dienone is 1. The number of hydrogen-bond donors (Lipinski definition) is 6. The number of Topliss-reactive ketones (excluding diaryl/α,β-unsaturated/α-hetero) is 1. The number of aliphatic imine (C=N–C) groups is 3. The van der Waals surface area contributed by atoms with Crippen LogP contribution in [0.2, 0.25) is 0 Å². The molecule has 0 radical (unpaired) electrons. The number of halogens is 3. The van der Waals surface area contributed by atoms with E-state index in [0.717, 1.165) is 17.5 Å². The Labute approximate surface area is 523 Å². The minimum atomic E-state index is -1.32. The summed E-state index contributed by atoms with van der Waals surface area (Å²) in [5.41, 5.74) is 8.95. The number of nitrogens with one attached hydrogen (secondary N) is 3. The maximum Gasteiger partial charge on any atom is 0.313 e. The van der Waals surface area contributed by atoms with Crippen LogP contribution in [0.25, 0.3) is 16.5 Å². The van der Waals surface area contributed by atoms with Gasteiger partial charge in [-0.3, -0.25) is 29.0 Å². The zero-order valence-electron chi connectivity index (χ0n) is 50.5. The van der Waals surface area contributed by atoms with Crippen LogP contribution in [-0.4, -0.2) is 225 Å². The summed E-state index contributed by atoms with van der Waals surface area (Å²) < 4.78 is 93.8. The number of benzene rings is 2. The first kappa shape index (κ1) is 73.2. The molecule has 3 amide bonds. The standard InChI is InChI=1S/C60H77F3N12O16/c1-82-50-37-70-58(54-53(50)47(36-69-54)55(79)60(81)75-15-9-42(10-16-75)46(34-64)41-6-3-2-4-7-41)72-40-71-57(65)59(80)73-44(38-76)8-5-13-68-51(77)11-17-83-20-23-86-28-29-89-30-31-90-39-45(74-66)35-67-14-19-85-22-25-88-27-26-87-24-21-84-18-12-52(78)91-56-48(62)32-43(61)33-49(56)63/h2-4,6-7,32-33,35-37,40,44,69,76H,5,8-31,38-39,66H2,1H3,(H,68,77)(H,73,80)(H2,65,70,71,72)/t44-/m0/s1. The minimum Gasteiger partial charge on any atom is -0.494 e. The van der Waals surface area contributed by atoms with Crippen LogP contribution in [0.15, 0.2) is 80.5 Å². The molecule has 1 aliphatic heterocycles. The van der Waals surface area contributed by atoms with E-state index in [1.165, 1.54) is 30.6 Å². The summed E-state index contributed by atoms with van der Waals surface area (Å²) in [6.07, 6.45) is 6.66. The van der Waals surface area contributed by atoms with Crippen LogP contribution < -0.4 is 31.7 Å². The molecule has 1 atom stereocenters. The normalized spacial score (nSPS) is 13.2. The molecule has 0 unspecified atom stereocenters. The summed E-state index contributed by atoms with van der Waals surface area (Å²) >= 11 is 0. The fourth-order valence-corrected chi connectivity index (χ4v) is 8.42. The average molecular weight is 1280 g/mol. The topological polar surface area (TPSA) is 379 Å². The van der Waals surface area contributed by atoms with Crippen molar-refractivity contribution in [3.63, 3.8) is 0 Å². The van der Waals surface area contributed by atoms with Gasteiger partial charge in [-0.2, -0.15) is 10.4 Å². The van der Waals surface area contributed by atoms with E-state index in [1.807, 2.05) is 30.3 Å². The Morgan fingerprint density at radius 3 is 2.02 bits per heavy atom. The third-order valence-corrected chi connectivity index (χ3v) is 13.1. The molecule has 31 heteroatoms. The van der Waals surface area contributed by atoms with Gasteiger partial charge in [0.2, 0.25) is 11.7 Å². The lowest BCUT2D eigenvalue weighted by Crippen LogP contribution is -2.44. The van der Waals surface area contributed by atoms with Crippen molar-refractivity contribution in [3.05, 3.63) is 89.0 Å². The van der Waals surface area contributed by atoms with Crippen LogP contribution in [0, 0.1) is 28.8 Å². The molecular weight excluding hydrogens is 1200 g/mol. The van der Waals surface area contributed by atoms with E-state index in [-0.39, 0.29) is 113 Å². The van der Waals surface area contributed by atoms with E-state index in [2.05, 4.69) is 51.5 Å². The molecule has 8 N–H and O–H groups in total. The van der Waals surface area contributed by atoms with Crippen LogP contribution in [-0.2, 0) is 57.1 Å². The van der Waals surface area contributed by atoms with Crippen molar-refractivity contribution in [2.75, 3.05) is 146 Å². The average Bonchev–Trinajstić information content (AvgIpc) is 1.69. The van der Waals surface area contributed by atoms with Crippen LogP contribution in [0.4, 0.5) is 19.0 Å². The van der Waals surface area contributed by atoms with Gasteiger partial charge in [0, 0.05) is 50.6 Å². The van der Waals surface area contributed by atoms with Crippen molar-refractivity contribution >= 4 is 75.9 Å². The summed E-state index contributed by atoms with van der Waals surface area (Å²) in [7, 11) is 1.39. The highest BCUT2D eigenvalue weighted by atomic mass is 19.1. The Morgan fingerprint density at radius 1 is 0.835 bits per heavy atom. The summed E-state index contributed by atoms with van der Waals surface area (Å²) in [5, 5.41) is 29.1. The van der Waals surface area contributed by atoms with Gasteiger partial charge in [-0.15, -0.1) is 0 Å². The molecule has 1 aliphatic rings. The van der Waals surface area contributed by atoms with Crippen molar-refractivity contribution in [2.24, 2.45) is 31.7 Å². The molecule has 28 nitrogen and oxygen atoms in total. The number of ketones is 1. The summed E-state index contributed by atoms with van der Waals surface area (Å²) in [6, 6.07) is 11.7. The number of aliphatic hydroxyl groups is 1. The van der Waals surface area contributed by atoms with Crippen LogP contribution in [0.3, 0.4) is 0 Å². The number of aromatic nitrogens is 2. The van der Waals surface area contributed by atoms with E-state index in [1.54, 1.807) is 0 Å². The molecule has 3 heterocycles. The van der Waals surface area contributed by atoms with Gasteiger partial charge in [0.15, 0.2) is 23.3 Å². The third kappa shape index (κ3) is 26.4. The predicted molar refractivity (Wildman–Crippen MR) is 326 cm³/mol. The van der Waals surface area contributed by atoms with E-state index >= 15 is 0 Å². The van der Waals surface area contributed by atoms with E-state index in [9.17, 15) is 47.5 Å². The van der Waals surface area contributed by atoms with Gasteiger partial charge in [-0.25, -0.2) is 28.1 Å². The Morgan fingerprint density at radius 2 is 1.43 bits per heavy atom. The van der Waals surface area contributed by atoms with Gasteiger partial charge in [-0.1, -0.05) is 30.3 Å². The first-order chi connectivity index (χ1) is 44.3. The molecule has 0 bridgehead atoms. The Kier molecular flexibility index (Phi) is 34.1. The summed E-state index contributed by atoms with van der Waals surface area (Å²) in [6.45, 7) is 4.78. The number of likely N-dealkylation sites (tertiary alicyclic amines) is 1. The second-order valence-electron chi connectivity index (χ2n) is 19.5. The molecule has 494 valence electrons. The lowest BCUT2D eigenvalue weighted by molar-refractivity contribution is -0.136. The number of amidine groups is 1. The zero-order chi connectivity index (χ0) is 65.4. The number of esters is 1. The number of aliphatic hydroxyl groups excluding tert-OH is 1. The van der Waals surface area contributed by atoms with Gasteiger partial charge < -0.3 is 84.6 Å². The van der Waals surface area contributed by atoms with Gasteiger partial charge in [0.05, 0.1) is 173 Å². The number of nitriles is 1. The van der Waals surface area contributed by atoms with Crippen molar-refractivity contribution in [1.29, 1.82) is 5.26 Å². The van der Waals surface area contributed by atoms with Gasteiger partial charge in [0.25, 0.3) is 17.6 Å². The number of amides is 3. The lowest BCUT2D eigenvalue weighted by atomic mass is 9.93.